The molecule has 2 aromatic rings. The van der Waals surface area contributed by atoms with Gasteiger partial charge in [0.15, 0.2) is 0 Å². The van der Waals surface area contributed by atoms with Crippen molar-refractivity contribution in [1.29, 1.82) is 0 Å². The van der Waals surface area contributed by atoms with Crippen molar-refractivity contribution in [3.8, 4) is 0 Å². The molecule has 2 heterocycles. The first-order valence-electron chi connectivity index (χ1n) is 8.71. The molecule has 128 valence electrons. The maximum Gasteiger partial charge on any atom is 0.271 e. The van der Waals surface area contributed by atoms with Gasteiger partial charge in [0.1, 0.15) is 5.69 Å². The summed E-state index contributed by atoms with van der Waals surface area (Å²) >= 11 is 0. The van der Waals surface area contributed by atoms with Gasteiger partial charge in [-0.25, -0.2) is 0 Å². The van der Waals surface area contributed by atoms with E-state index in [4.69, 9.17) is 0 Å². The molecule has 1 atom stereocenters. The zero-order valence-electron chi connectivity index (χ0n) is 14.7. The maximum absolute atomic E-state index is 12.2. The van der Waals surface area contributed by atoms with E-state index in [2.05, 4.69) is 65.5 Å². The van der Waals surface area contributed by atoms with E-state index in [1.54, 1.807) is 0 Å². The Labute approximate surface area is 143 Å². The molecule has 0 saturated carbocycles. The molecule has 2 N–H and O–H groups in total. The second-order valence-corrected chi connectivity index (χ2v) is 7.01. The van der Waals surface area contributed by atoms with Crippen LogP contribution in [0.5, 0.6) is 0 Å². The van der Waals surface area contributed by atoms with Gasteiger partial charge in [0.05, 0.1) is 0 Å². The van der Waals surface area contributed by atoms with Crippen LogP contribution in [0, 0.1) is 5.92 Å². The van der Waals surface area contributed by atoms with Gasteiger partial charge < -0.3 is 10.2 Å². The van der Waals surface area contributed by atoms with E-state index >= 15 is 0 Å². The van der Waals surface area contributed by atoms with Gasteiger partial charge in [0.25, 0.3) is 5.91 Å². The summed E-state index contributed by atoms with van der Waals surface area (Å²) in [5, 5.41) is 10.0. The molecular weight excluding hydrogens is 300 g/mol. The van der Waals surface area contributed by atoms with Crippen LogP contribution in [0.15, 0.2) is 30.3 Å². The van der Waals surface area contributed by atoms with Gasteiger partial charge in [-0.15, -0.1) is 0 Å². The summed E-state index contributed by atoms with van der Waals surface area (Å²) in [4.78, 5) is 14.6. The Hall–Kier alpha value is -2.30. The molecule has 5 heteroatoms. The second kappa shape index (κ2) is 7.07. The Kier molecular flexibility index (Phi) is 4.88. The van der Waals surface area contributed by atoms with Crippen molar-refractivity contribution in [3.05, 3.63) is 47.3 Å². The van der Waals surface area contributed by atoms with Crippen LogP contribution in [0.25, 0.3) is 0 Å². The zero-order valence-corrected chi connectivity index (χ0v) is 14.7. The number of para-hydroxylation sites is 1. The summed E-state index contributed by atoms with van der Waals surface area (Å²) in [6, 6.07) is 10.8. The van der Waals surface area contributed by atoms with E-state index in [1.807, 2.05) is 6.07 Å². The standard InChI is InChI=1S/C19H26N4O/c1-13(2)10-16-12-17(22-21-16)19(24)20-8-9-23-14(3)11-15-6-4-5-7-18(15)23/h4-7,12-14H,8-11H2,1-3H3,(H,20,24)(H,21,22)/t14-/m1/s1. The lowest BCUT2D eigenvalue weighted by atomic mass is 10.1. The monoisotopic (exact) mass is 326 g/mol. The summed E-state index contributed by atoms with van der Waals surface area (Å²) in [5.41, 5.74) is 4.16. The predicted octanol–water partition coefficient (Wildman–Crippen LogP) is 2.79. The average Bonchev–Trinajstić information content (AvgIpc) is 3.11. The molecule has 0 spiro atoms. The zero-order chi connectivity index (χ0) is 17.1. The van der Waals surface area contributed by atoms with Crippen LogP contribution in [0.1, 0.15) is 42.5 Å². The number of amides is 1. The highest BCUT2D eigenvalue weighted by molar-refractivity contribution is 5.92. The first-order valence-corrected chi connectivity index (χ1v) is 8.71. The molecule has 0 aliphatic carbocycles. The lowest BCUT2D eigenvalue weighted by molar-refractivity contribution is 0.0949. The molecule has 0 fully saturated rings. The van der Waals surface area contributed by atoms with Crippen LogP contribution in [-0.2, 0) is 12.8 Å². The van der Waals surface area contributed by atoms with Crippen LogP contribution in [-0.4, -0.2) is 35.2 Å². The number of anilines is 1. The highest BCUT2D eigenvalue weighted by Gasteiger charge is 2.25. The maximum atomic E-state index is 12.2. The van der Waals surface area contributed by atoms with E-state index in [0.29, 0.717) is 24.2 Å². The van der Waals surface area contributed by atoms with Crippen molar-refractivity contribution >= 4 is 11.6 Å². The van der Waals surface area contributed by atoms with E-state index in [9.17, 15) is 4.79 Å². The van der Waals surface area contributed by atoms with Crippen LogP contribution < -0.4 is 10.2 Å². The van der Waals surface area contributed by atoms with Crippen molar-refractivity contribution < 1.29 is 4.79 Å². The average molecular weight is 326 g/mol. The topological polar surface area (TPSA) is 61.0 Å². The number of aromatic amines is 1. The third-order valence-electron chi connectivity index (χ3n) is 4.48. The number of rotatable bonds is 6. The van der Waals surface area contributed by atoms with Gasteiger partial charge in [-0.05, 0) is 43.4 Å². The van der Waals surface area contributed by atoms with Crippen molar-refractivity contribution in [2.45, 2.75) is 39.7 Å². The lowest BCUT2D eigenvalue weighted by Crippen LogP contribution is -2.38. The molecule has 0 unspecified atom stereocenters. The van der Waals surface area contributed by atoms with Crippen LogP contribution in [0.2, 0.25) is 0 Å². The van der Waals surface area contributed by atoms with E-state index in [-0.39, 0.29) is 5.91 Å². The number of carbonyl (C=O) groups is 1. The Morgan fingerprint density at radius 1 is 1.42 bits per heavy atom. The Morgan fingerprint density at radius 3 is 3.00 bits per heavy atom. The van der Waals surface area contributed by atoms with Crippen LogP contribution in [0.3, 0.4) is 0 Å². The molecule has 5 nitrogen and oxygen atoms in total. The molecule has 1 aliphatic heterocycles. The summed E-state index contributed by atoms with van der Waals surface area (Å²) in [6.45, 7) is 7.95. The summed E-state index contributed by atoms with van der Waals surface area (Å²) in [5.74, 6) is 0.430. The molecule has 3 rings (SSSR count). The van der Waals surface area contributed by atoms with Gasteiger partial charge in [-0.2, -0.15) is 5.10 Å². The lowest BCUT2D eigenvalue weighted by Gasteiger charge is -2.24. The number of H-pyrrole nitrogens is 1. The molecule has 1 aliphatic rings. The number of fused-ring (bicyclic) bond motifs is 1. The first-order chi connectivity index (χ1) is 11.5. The minimum absolute atomic E-state index is 0.110. The molecular formula is C19H26N4O. The highest BCUT2D eigenvalue weighted by atomic mass is 16.1. The Morgan fingerprint density at radius 2 is 2.21 bits per heavy atom. The van der Waals surface area contributed by atoms with Gasteiger partial charge in [0, 0.05) is 30.5 Å². The Bertz CT molecular complexity index is 707. The molecule has 1 aromatic heterocycles. The molecule has 1 amide bonds. The number of carbonyl (C=O) groups excluding carboxylic acids is 1. The van der Waals surface area contributed by atoms with Gasteiger partial charge >= 0.3 is 0 Å². The first kappa shape index (κ1) is 16.6. The van der Waals surface area contributed by atoms with Gasteiger partial charge in [0.2, 0.25) is 0 Å². The minimum Gasteiger partial charge on any atom is -0.367 e. The van der Waals surface area contributed by atoms with E-state index < -0.39 is 0 Å². The molecule has 0 saturated heterocycles. The molecule has 1 aromatic carbocycles. The van der Waals surface area contributed by atoms with Crippen molar-refractivity contribution in [1.82, 2.24) is 15.5 Å². The fourth-order valence-corrected chi connectivity index (χ4v) is 3.37. The second-order valence-electron chi connectivity index (χ2n) is 7.01. The van der Waals surface area contributed by atoms with E-state index in [1.165, 1.54) is 11.3 Å². The molecule has 24 heavy (non-hydrogen) atoms. The van der Waals surface area contributed by atoms with E-state index in [0.717, 1.165) is 25.1 Å². The SMILES string of the molecule is CC(C)Cc1cc(C(=O)NCCN2c3ccccc3C[C@H]2C)n[nH]1. The third kappa shape index (κ3) is 3.61. The summed E-state index contributed by atoms with van der Waals surface area (Å²) in [7, 11) is 0. The number of aromatic nitrogens is 2. The van der Waals surface area contributed by atoms with Crippen molar-refractivity contribution in [2.24, 2.45) is 5.92 Å². The molecule has 0 radical (unpaired) electrons. The van der Waals surface area contributed by atoms with Gasteiger partial charge in [-0.1, -0.05) is 32.0 Å². The Balaban J connectivity index is 1.53. The smallest absolute Gasteiger partial charge is 0.271 e. The van der Waals surface area contributed by atoms with Crippen LogP contribution in [0.4, 0.5) is 5.69 Å². The molecule has 0 bridgehead atoms. The number of benzene rings is 1. The number of hydrogen-bond donors (Lipinski definition) is 2. The number of nitrogens with zero attached hydrogens (tertiary/aromatic N) is 2. The fraction of sp³-hybridized carbons (Fsp3) is 0.474. The number of nitrogens with one attached hydrogen (secondary N) is 2. The largest absolute Gasteiger partial charge is 0.367 e. The fourth-order valence-electron chi connectivity index (χ4n) is 3.37. The normalized spacial score (nSPS) is 16.5. The van der Waals surface area contributed by atoms with Crippen molar-refractivity contribution in [2.75, 3.05) is 18.0 Å². The van der Waals surface area contributed by atoms with Crippen LogP contribution >= 0.6 is 0 Å². The number of hydrogen-bond acceptors (Lipinski definition) is 3. The highest BCUT2D eigenvalue weighted by Crippen LogP contribution is 2.31. The van der Waals surface area contributed by atoms with Gasteiger partial charge in [-0.3, -0.25) is 9.89 Å². The predicted molar refractivity (Wildman–Crippen MR) is 96.4 cm³/mol. The quantitative estimate of drug-likeness (QED) is 0.858. The minimum atomic E-state index is -0.110. The third-order valence-corrected chi connectivity index (χ3v) is 4.48. The summed E-state index contributed by atoms with van der Waals surface area (Å²) in [6.07, 6.45) is 1.98. The summed E-state index contributed by atoms with van der Waals surface area (Å²) < 4.78 is 0. The van der Waals surface area contributed by atoms with Crippen molar-refractivity contribution in [3.63, 3.8) is 0 Å².